The molecule has 0 aliphatic carbocycles. The number of nitrogens with one attached hydrogen (secondary N) is 1. The Bertz CT molecular complexity index is 668. The molecule has 2 aromatic rings. The second-order valence-electron chi connectivity index (χ2n) is 3.90. The van der Waals surface area contributed by atoms with Gasteiger partial charge in [-0.25, -0.2) is 9.48 Å². The summed E-state index contributed by atoms with van der Waals surface area (Å²) in [6.45, 7) is -0.142. The number of hydrogen-bond donors (Lipinski definition) is 2. The van der Waals surface area contributed by atoms with E-state index in [1.807, 2.05) is 0 Å². The Kier molecular flexibility index (Phi) is 3.99. The average molecular weight is 295 g/mol. The molecule has 1 aromatic carbocycles. The van der Waals surface area contributed by atoms with Crippen LogP contribution >= 0.6 is 11.6 Å². The highest BCUT2D eigenvalue weighted by molar-refractivity contribution is 6.33. The summed E-state index contributed by atoms with van der Waals surface area (Å²) in [6.07, 6.45) is 0. The largest absolute Gasteiger partial charge is 0.476 e. The van der Waals surface area contributed by atoms with Gasteiger partial charge in [0.1, 0.15) is 12.2 Å². The van der Waals surface area contributed by atoms with Crippen LogP contribution in [0.1, 0.15) is 10.5 Å². The van der Waals surface area contributed by atoms with Gasteiger partial charge in [-0.1, -0.05) is 35.0 Å². The maximum atomic E-state index is 11.4. The van der Waals surface area contributed by atoms with Gasteiger partial charge < -0.3 is 10.4 Å². The van der Waals surface area contributed by atoms with Crippen LogP contribution in [0.15, 0.2) is 24.3 Å². The topological polar surface area (TPSA) is 97.1 Å². The lowest BCUT2D eigenvalue weighted by Crippen LogP contribution is -2.24. The van der Waals surface area contributed by atoms with E-state index >= 15 is 0 Å². The lowest BCUT2D eigenvalue weighted by atomic mass is 10.1. The maximum Gasteiger partial charge on any atom is 0.358 e. The first-order chi connectivity index (χ1) is 9.54. The van der Waals surface area contributed by atoms with Gasteiger partial charge in [-0.3, -0.25) is 4.79 Å². The molecular weight excluding hydrogens is 284 g/mol. The molecule has 0 spiro atoms. The number of carbonyl (C=O) groups excluding carboxylic acids is 1. The first-order valence-electron chi connectivity index (χ1n) is 5.67. The van der Waals surface area contributed by atoms with Crippen LogP contribution in [0, 0.1) is 0 Å². The molecular formula is C12H11ClN4O3. The molecule has 0 saturated heterocycles. The van der Waals surface area contributed by atoms with Crippen molar-refractivity contribution in [2.45, 2.75) is 6.54 Å². The highest BCUT2D eigenvalue weighted by atomic mass is 35.5. The number of carboxylic acid groups (broad SMARTS) is 1. The molecule has 0 radical (unpaired) electrons. The first kappa shape index (κ1) is 14.0. The Balaban J connectivity index is 2.59. The summed E-state index contributed by atoms with van der Waals surface area (Å²) in [5.74, 6) is -1.55. The fourth-order valence-corrected chi connectivity index (χ4v) is 1.93. The number of aromatic nitrogens is 3. The second-order valence-corrected chi connectivity index (χ2v) is 4.31. The molecule has 0 aliphatic heterocycles. The molecule has 0 aliphatic rings. The summed E-state index contributed by atoms with van der Waals surface area (Å²) in [7, 11) is 1.48. The van der Waals surface area contributed by atoms with Crippen LogP contribution in [0.4, 0.5) is 0 Å². The molecule has 0 atom stereocenters. The number of benzene rings is 1. The van der Waals surface area contributed by atoms with Gasteiger partial charge in [0, 0.05) is 12.6 Å². The third-order valence-electron chi connectivity index (χ3n) is 2.64. The van der Waals surface area contributed by atoms with Crippen molar-refractivity contribution in [2.24, 2.45) is 0 Å². The molecule has 0 fully saturated rings. The summed E-state index contributed by atoms with van der Waals surface area (Å²) in [5.41, 5.74) is 0.411. The van der Waals surface area contributed by atoms with E-state index in [2.05, 4.69) is 15.6 Å². The Morgan fingerprint density at radius 2 is 2.10 bits per heavy atom. The molecule has 8 heteroatoms. The average Bonchev–Trinajstić information content (AvgIpc) is 2.83. The van der Waals surface area contributed by atoms with Crippen LogP contribution in [0.25, 0.3) is 11.3 Å². The van der Waals surface area contributed by atoms with Gasteiger partial charge in [0.25, 0.3) is 0 Å². The van der Waals surface area contributed by atoms with Crippen LogP contribution in [0.3, 0.4) is 0 Å². The van der Waals surface area contributed by atoms with E-state index in [1.54, 1.807) is 24.3 Å². The number of carbonyl (C=O) groups is 2. The molecule has 104 valence electrons. The van der Waals surface area contributed by atoms with Crippen LogP contribution in [0.2, 0.25) is 5.02 Å². The van der Waals surface area contributed by atoms with Gasteiger partial charge in [0.15, 0.2) is 5.69 Å². The van der Waals surface area contributed by atoms with Gasteiger partial charge in [-0.05, 0) is 6.07 Å². The van der Waals surface area contributed by atoms with Gasteiger partial charge in [0.05, 0.1) is 5.02 Å². The minimum Gasteiger partial charge on any atom is -0.476 e. The van der Waals surface area contributed by atoms with E-state index in [1.165, 1.54) is 11.7 Å². The van der Waals surface area contributed by atoms with E-state index in [0.29, 0.717) is 10.6 Å². The van der Waals surface area contributed by atoms with Gasteiger partial charge in [-0.2, -0.15) is 0 Å². The van der Waals surface area contributed by atoms with Crippen molar-refractivity contribution in [2.75, 3.05) is 7.05 Å². The minimum atomic E-state index is -1.23. The van der Waals surface area contributed by atoms with E-state index in [9.17, 15) is 9.59 Å². The standard InChI is InChI=1S/C12H11ClN4O3/c1-14-9(18)6-17-11(10(12(19)20)15-16-17)7-4-2-3-5-8(7)13/h2-5H,6H2,1H3,(H,14,18)(H,19,20). The SMILES string of the molecule is CNC(=O)Cn1nnc(C(=O)O)c1-c1ccccc1Cl. The van der Waals surface area contributed by atoms with Gasteiger partial charge >= 0.3 is 5.97 Å². The highest BCUT2D eigenvalue weighted by Crippen LogP contribution is 2.29. The predicted octanol–water partition coefficient (Wildman–Crippen LogP) is 1.04. The van der Waals surface area contributed by atoms with Crippen molar-refractivity contribution in [1.82, 2.24) is 20.3 Å². The number of likely N-dealkylation sites (N-methyl/N-ethyl adjacent to an activating group) is 1. The number of carboxylic acids is 1. The summed E-state index contributed by atoms with van der Waals surface area (Å²) in [5, 5.41) is 19.3. The van der Waals surface area contributed by atoms with Crippen LogP contribution in [-0.2, 0) is 11.3 Å². The number of halogens is 1. The van der Waals surface area contributed by atoms with E-state index in [4.69, 9.17) is 16.7 Å². The lowest BCUT2D eigenvalue weighted by Gasteiger charge is -2.08. The van der Waals surface area contributed by atoms with Gasteiger partial charge in [0.2, 0.25) is 5.91 Å². The minimum absolute atomic E-state index is 0.142. The van der Waals surface area contributed by atoms with E-state index < -0.39 is 5.97 Å². The Morgan fingerprint density at radius 1 is 1.40 bits per heavy atom. The normalized spacial score (nSPS) is 10.3. The highest BCUT2D eigenvalue weighted by Gasteiger charge is 2.23. The zero-order valence-corrected chi connectivity index (χ0v) is 11.3. The van der Waals surface area contributed by atoms with Crippen LogP contribution < -0.4 is 5.32 Å². The molecule has 0 unspecified atom stereocenters. The molecule has 1 amide bonds. The summed E-state index contributed by atoms with van der Waals surface area (Å²) in [4.78, 5) is 22.7. The fourth-order valence-electron chi connectivity index (χ4n) is 1.70. The Hall–Kier alpha value is -2.41. The number of amides is 1. The first-order valence-corrected chi connectivity index (χ1v) is 6.04. The third kappa shape index (κ3) is 2.62. The zero-order chi connectivity index (χ0) is 14.7. The summed E-state index contributed by atoms with van der Waals surface area (Å²) in [6, 6.07) is 6.71. The van der Waals surface area contributed by atoms with E-state index in [0.717, 1.165) is 0 Å². The molecule has 2 rings (SSSR count). The molecule has 7 nitrogen and oxygen atoms in total. The summed E-state index contributed by atoms with van der Waals surface area (Å²) < 4.78 is 1.21. The fraction of sp³-hybridized carbons (Fsp3) is 0.167. The van der Waals surface area contributed by atoms with Crippen molar-refractivity contribution >= 4 is 23.5 Å². The van der Waals surface area contributed by atoms with Gasteiger partial charge in [-0.15, -0.1) is 5.10 Å². The molecule has 0 bridgehead atoms. The number of nitrogens with zero attached hydrogens (tertiary/aromatic N) is 3. The zero-order valence-electron chi connectivity index (χ0n) is 10.5. The molecule has 0 saturated carbocycles. The second kappa shape index (κ2) is 5.70. The Labute approximate surface area is 119 Å². The van der Waals surface area contributed by atoms with Crippen LogP contribution in [0.5, 0.6) is 0 Å². The number of rotatable bonds is 4. The van der Waals surface area contributed by atoms with Crippen molar-refractivity contribution < 1.29 is 14.7 Å². The van der Waals surface area contributed by atoms with Crippen molar-refractivity contribution in [3.05, 3.63) is 35.0 Å². The lowest BCUT2D eigenvalue weighted by molar-refractivity contribution is -0.121. The summed E-state index contributed by atoms with van der Waals surface area (Å²) >= 11 is 6.07. The monoisotopic (exact) mass is 294 g/mol. The quantitative estimate of drug-likeness (QED) is 0.878. The van der Waals surface area contributed by atoms with Crippen molar-refractivity contribution in [3.8, 4) is 11.3 Å². The molecule has 1 aromatic heterocycles. The Morgan fingerprint density at radius 3 is 2.70 bits per heavy atom. The van der Waals surface area contributed by atoms with Crippen molar-refractivity contribution in [1.29, 1.82) is 0 Å². The molecule has 2 N–H and O–H groups in total. The number of aromatic carboxylic acids is 1. The molecule has 20 heavy (non-hydrogen) atoms. The van der Waals surface area contributed by atoms with E-state index in [-0.39, 0.29) is 23.8 Å². The van der Waals surface area contributed by atoms with Crippen LogP contribution in [-0.4, -0.2) is 39.0 Å². The van der Waals surface area contributed by atoms with Crippen molar-refractivity contribution in [3.63, 3.8) is 0 Å². The predicted molar refractivity (Wildman–Crippen MR) is 71.5 cm³/mol. The maximum absolute atomic E-state index is 11.4. The smallest absolute Gasteiger partial charge is 0.358 e. The molecule has 1 heterocycles. The number of hydrogen-bond acceptors (Lipinski definition) is 4. The third-order valence-corrected chi connectivity index (χ3v) is 2.97.